The lowest BCUT2D eigenvalue weighted by Gasteiger charge is -2.28. The van der Waals surface area contributed by atoms with Gasteiger partial charge in [-0.2, -0.15) is 0 Å². The molecule has 3 heteroatoms. The van der Waals surface area contributed by atoms with Gasteiger partial charge in [0.05, 0.1) is 6.61 Å². The largest absolute Gasteiger partial charge is 0.507 e. The van der Waals surface area contributed by atoms with Crippen LogP contribution in [0.4, 0.5) is 0 Å². The number of phenols is 1. The highest BCUT2D eigenvalue weighted by Gasteiger charge is 2.26. The van der Waals surface area contributed by atoms with Gasteiger partial charge < -0.3 is 9.84 Å². The molecule has 0 aliphatic rings. The fraction of sp³-hybridized carbons (Fsp3) is 0.611. The van der Waals surface area contributed by atoms with Crippen molar-refractivity contribution < 1.29 is 14.6 Å². The van der Waals surface area contributed by atoms with E-state index in [1.807, 2.05) is 12.1 Å². The van der Waals surface area contributed by atoms with Gasteiger partial charge in [0.25, 0.3) is 0 Å². The summed E-state index contributed by atoms with van der Waals surface area (Å²) in [4.78, 5) is 10.9. The molecule has 118 valence electrons. The quantitative estimate of drug-likeness (QED) is 0.853. The number of esters is 1. The average molecular weight is 292 g/mol. The van der Waals surface area contributed by atoms with Crippen molar-refractivity contribution >= 4 is 5.97 Å². The molecule has 3 nitrogen and oxygen atoms in total. The first-order valence-electron chi connectivity index (χ1n) is 7.43. The smallest absolute Gasteiger partial charge is 0.302 e. The first-order chi connectivity index (χ1) is 9.43. The second-order valence-electron chi connectivity index (χ2n) is 7.63. The number of aromatic hydroxyl groups is 1. The zero-order valence-electron chi connectivity index (χ0n) is 14.3. The van der Waals surface area contributed by atoms with Gasteiger partial charge in [-0.3, -0.25) is 4.79 Å². The Morgan fingerprint density at radius 3 is 1.81 bits per heavy atom. The second kappa shape index (κ2) is 6.08. The third kappa shape index (κ3) is 4.76. The van der Waals surface area contributed by atoms with Gasteiger partial charge in [-0.25, -0.2) is 0 Å². The maximum Gasteiger partial charge on any atom is 0.302 e. The lowest BCUT2D eigenvalue weighted by atomic mass is 9.78. The predicted octanol–water partition coefficient (Wildman–Crippen LogP) is 4.09. The molecule has 0 radical (unpaired) electrons. The summed E-state index contributed by atoms with van der Waals surface area (Å²) < 4.78 is 5.03. The van der Waals surface area contributed by atoms with Gasteiger partial charge in [0.1, 0.15) is 5.75 Å². The lowest BCUT2D eigenvalue weighted by Crippen LogP contribution is -2.18. The Kier molecular flexibility index (Phi) is 5.08. The van der Waals surface area contributed by atoms with Crippen LogP contribution in [0, 0.1) is 0 Å². The van der Waals surface area contributed by atoms with Crippen LogP contribution in [0.15, 0.2) is 12.1 Å². The summed E-state index contributed by atoms with van der Waals surface area (Å²) in [5.41, 5.74) is 2.69. The van der Waals surface area contributed by atoms with E-state index in [0.717, 1.165) is 16.7 Å². The van der Waals surface area contributed by atoms with Crippen molar-refractivity contribution in [3.05, 3.63) is 28.8 Å². The second-order valence-corrected chi connectivity index (χ2v) is 7.63. The van der Waals surface area contributed by atoms with E-state index in [4.69, 9.17) is 4.74 Å². The number of carbonyl (C=O) groups excluding carboxylic acids is 1. The van der Waals surface area contributed by atoms with Gasteiger partial charge in [0, 0.05) is 13.3 Å². The van der Waals surface area contributed by atoms with E-state index in [1.54, 1.807) is 0 Å². The van der Waals surface area contributed by atoms with Crippen LogP contribution < -0.4 is 0 Å². The molecule has 1 N–H and O–H groups in total. The summed E-state index contributed by atoms with van der Waals surface area (Å²) in [6.07, 6.45) is 0.659. The summed E-state index contributed by atoms with van der Waals surface area (Å²) in [5, 5.41) is 10.6. The van der Waals surface area contributed by atoms with E-state index in [0.29, 0.717) is 18.8 Å². The molecule has 21 heavy (non-hydrogen) atoms. The lowest BCUT2D eigenvalue weighted by molar-refractivity contribution is -0.140. The third-order valence-electron chi connectivity index (χ3n) is 3.48. The molecule has 0 bridgehead atoms. The van der Waals surface area contributed by atoms with E-state index < -0.39 is 0 Å². The zero-order chi connectivity index (χ0) is 16.4. The minimum Gasteiger partial charge on any atom is -0.507 e. The van der Waals surface area contributed by atoms with Gasteiger partial charge in [0.2, 0.25) is 0 Å². The van der Waals surface area contributed by atoms with Crippen molar-refractivity contribution in [3.8, 4) is 5.75 Å². The molecule has 0 spiro atoms. The van der Waals surface area contributed by atoms with Crippen molar-refractivity contribution in [1.82, 2.24) is 0 Å². The van der Waals surface area contributed by atoms with E-state index in [-0.39, 0.29) is 16.8 Å². The van der Waals surface area contributed by atoms with Crippen LogP contribution in [-0.4, -0.2) is 17.7 Å². The van der Waals surface area contributed by atoms with Crippen molar-refractivity contribution in [1.29, 1.82) is 0 Å². The minimum absolute atomic E-state index is 0.137. The molecule has 0 heterocycles. The van der Waals surface area contributed by atoms with E-state index in [2.05, 4.69) is 41.5 Å². The normalized spacial score (nSPS) is 12.3. The maximum absolute atomic E-state index is 10.9. The molecule has 0 saturated heterocycles. The van der Waals surface area contributed by atoms with Crippen LogP contribution in [0.3, 0.4) is 0 Å². The van der Waals surface area contributed by atoms with Crippen LogP contribution in [0.25, 0.3) is 0 Å². The Balaban J connectivity index is 3.24. The Morgan fingerprint density at radius 1 is 1.05 bits per heavy atom. The number of benzene rings is 1. The highest BCUT2D eigenvalue weighted by Crippen LogP contribution is 2.39. The molecule has 0 aliphatic heterocycles. The highest BCUT2D eigenvalue weighted by molar-refractivity contribution is 5.65. The molecular formula is C18H28O3. The molecular weight excluding hydrogens is 264 g/mol. The standard InChI is InChI=1S/C18H28O3/c1-12(19)21-9-8-13-10-14(17(2,3)4)16(20)15(11-13)18(5,6)7/h10-11,20H,8-9H2,1-7H3. The Bertz CT molecular complexity index is 481. The summed E-state index contributed by atoms with van der Waals surface area (Å²) in [6.45, 7) is 14.3. The molecule has 1 rings (SSSR count). The predicted molar refractivity (Wildman–Crippen MR) is 85.8 cm³/mol. The summed E-state index contributed by atoms with van der Waals surface area (Å²) in [6, 6.07) is 4.04. The number of hydrogen-bond acceptors (Lipinski definition) is 3. The summed E-state index contributed by atoms with van der Waals surface area (Å²) in [7, 11) is 0. The number of hydrogen-bond donors (Lipinski definition) is 1. The van der Waals surface area contributed by atoms with E-state index in [9.17, 15) is 9.90 Å². The third-order valence-corrected chi connectivity index (χ3v) is 3.48. The Hall–Kier alpha value is -1.51. The number of ether oxygens (including phenoxy) is 1. The molecule has 0 aromatic heterocycles. The monoisotopic (exact) mass is 292 g/mol. The first-order valence-corrected chi connectivity index (χ1v) is 7.43. The molecule has 0 amide bonds. The van der Waals surface area contributed by atoms with E-state index in [1.165, 1.54) is 6.92 Å². The Morgan fingerprint density at radius 2 is 1.48 bits per heavy atom. The number of phenolic OH excluding ortho intramolecular Hbond substituents is 1. The van der Waals surface area contributed by atoms with Crippen LogP contribution in [0.1, 0.15) is 65.2 Å². The topological polar surface area (TPSA) is 46.5 Å². The molecule has 1 aromatic carbocycles. The van der Waals surface area contributed by atoms with Crippen molar-refractivity contribution in [3.63, 3.8) is 0 Å². The van der Waals surface area contributed by atoms with Gasteiger partial charge in [-0.15, -0.1) is 0 Å². The fourth-order valence-electron chi connectivity index (χ4n) is 2.29. The summed E-state index contributed by atoms with van der Waals surface area (Å²) >= 11 is 0. The molecule has 1 aromatic rings. The molecule has 0 aliphatic carbocycles. The molecule has 0 unspecified atom stereocenters. The number of carbonyl (C=O) groups is 1. The first kappa shape index (κ1) is 17.5. The van der Waals surface area contributed by atoms with Gasteiger partial charge in [-0.05, 0) is 27.5 Å². The highest BCUT2D eigenvalue weighted by atomic mass is 16.5. The van der Waals surface area contributed by atoms with Gasteiger partial charge in [-0.1, -0.05) is 53.7 Å². The Labute approximate surface area is 128 Å². The average Bonchev–Trinajstić information content (AvgIpc) is 2.27. The van der Waals surface area contributed by atoms with Crippen LogP contribution in [0.5, 0.6) is 5.75 Å². The van der Waals surface area contributed by atoms with Crippen LogP contribution >= 0.6 is 0 Å². The minimum atomic E-state index is -0.263. The molecule has 0 saturated carbocycles. The van der Waals surface area contributed by atoms with Crippen LogP contribution in [-0.2, 0) is 26.8 Å². The zero-order valence-corrected chi connectivity index (χ0v) is 14.3. The van der Waals surface area contributed by atoms with E-state index >= 15 is 0 Å². The van der Waals surface area contributed by atoms with Crippen LogP contribution in [0.2, 0.25) is 0 Å². The SMILES string of the molecule is CC(=O)OCCc1cc(C(C)(C)C)c(O)c(C(C)(C)C)c1. The fourth-order valence-corrected chi connectivity index (χ4v) is 2.29. The van der Waals surface area contributed by atoms with Gasteiger partial charge in [0.15, 0.2) is 0 Å². The molecule has 0 atom stereocenters. The summed E-state index contributed by atoms with van der Waals surface area (Å²) in [5.74, 6) is 0.118. The molecule has 0 fully saturated rings. The van der Waals surface area contributed by atoms with Crippen molar-refractivity contribution in [2.24, 2.45) is 0 Å². The van der Waals surface area contributed by atoms with Gasteiger partial charge >= 0.3 is 5.97 Å². The van der Waals surface area contributed by atoms with Crippen molar-refractivity contribution in [2.45, 2.75) is 65.7 Å². The maximum atomic E-state index is 10.9. The number of rotatable bonds is 3. The van der Waals surface area contributed by atoms with Crippen molar-refractivity contribution in [2.75, 3.05) is 6.61 Å².